The molecule has 0 saturated carbocycles. The van der Waals surface area contributed by atoms with Crippen molar-refractivity contribution in [2.75, 3.05) is 0 Å². The Morgan fingerprint density at radius 2 is 1.28 bits per heavy atom. The van der Waals surface area contributed by atoms with Gasteiger partial charge in [0.25, 0.3) is 0 Å². The van der Waals surface area contributed by atoms with Gasteiger partial charge in [-0.3, -0.25) is 0 Å². The van der Waals surface area contributed by atoms with Gasteiger partial charge in [-0.2, -0.15) is 0 Å². The minimum Gasteiger partial charge on any atom is -0.478 e. The molecule has 6 heteroatoms. The van der Waals surface area contributed by atoms with Gasteiger partial charge < -0.3 is 15.7 Å². The molecule has 0 saturated heterocycles. The summed E-state index contributed by atoms with van der Waals surface area (Å²) in [5.74, 6) is -2.51. The number of hydrogen-bond acceptors (Lipinski definition) is 2. The first-order valence-corrected chi connectivity index (χ1v) is 9.92. The molecule has 0 bridgehead atoms. The van der Waals surface area contributed by atoms with Crippen molar-refractivity contribution in [3.63, 3.8) is 0 Å². The zero-order valence-electron chi connectivity index (χ0n) is 11.1. The van der Waals surface area contributed by atoms with Gasteiger partial charge in [-0.1, -0.05) is 0 Å². The second kappa shape index (κ2) is 18.8. The quantitative estimate of drug-likeness (QED) is 0.389. The molecule has 0 rings (SSSR count). The zero-order chi connectivity index (χ0) is 13.5. The second-order valence-electron chi connectivity index (χ2n) is 3.47. The molecule has 0 aliphatic rings. The maximum absolute atomic E-state index is 9.55. The molecule has 5 nitrogen and oxygen atoms in total. The third-order valence-electron chi connectivity index (χ3n) is 1.78. The number of carboxylic acids is 2. The smallest absolute Gasteiger partial charge is 0.328 e. The Bertz CT molecular complexity index is 207. The molecule has 0 unspecified atom stereocenters. The summed E-state index contributed by atoms with van der Waals surface area (Å²) in [5.41, 5.74) is 0. The molecule has 0 aliphatic carbocycles. The van der Waals surface area contributed by atoms with E-state index in [0.29, 0.717) is 12.2 Å². The van der Waals surface area contributed by atoms with Crippen molar-refractivity contribution in [2.45, 2.75) is 48.4 Å². The van der Waals surface area contributed by atoms with E-state index < -0.39 is 11.9 Å². The monoisotopic (exact) mass is 368 g/mol. The van der Waals surface area contributed by atoms with Crippen LogP contribution in [-0.2, 0) is 9.59 Å². The van der Waals surface area contributed by atoms with Crippen LogP contribution in [0, 0.1) is 0 Å². The predicted octanol–water partition coefficient (Wildman–Crippen LogP) is 2.01. The van der Waals surface area contributed by atoms with E-state index in [-0.39, 0.29) is 26.6 Å². The summed E-state index contributed by atoms with van der Waals surface area (Å²) in [4.78, 5) is 19.1. The van der Waals surface area contributed by atoms with Gasteiger partial charge in [0.15, 0.2) is 0 Å². The van der Waals surface area contributed by atoms with Crippen LogP contribution in [0.1, 0.15) is 39.5 Å². The number of rotatable bonds is 8. The van der Waals surface area contributed by atoms with E-state index >= 15 is 0 Å². The van der Waals surface area contributed by atoms with E-state index in [1.807, 2.05) is 0 Å². The second-order valence-corrected chi connectivity index (χ2v) is 7.75. The van der Waals surface area contributed by atoms with Crippen LogP contribution in [0.5, 0.6) is 0 Å². The summed E-state index contributed by atoms with van der Waals surface area (Å²) in [6.45, 7) is 4.58. The molecule has 0 fully saturated rings. The number of aliphatic carboxylic acids is 2. The van der Waals surface area contributed by atoms with Crippen LogP contribution in [0.15, 0.2) is 12.2 Å². The van der Waals surface area contributed by atoms with Crippen LogP contribution < -0.4 is 0 Å². The largest absolute Gasteiger partial charge is 0.478 e. The number of carboxylic acid groups (broad SMARTS) is 2. The van der Waals surface area contributed by atoms with Crippen LogP contribution in [0.25, 0.3) is 0 Å². The van der Waals surface area contributed by atoms with Crippen LogP contribution in [-0.4, -0.2) is 48.8 Å². The van der Waals surface area contributed by atoms with Crippen LogP contribution in [0.3, 0.4) is 0 Å². The summed E-state index contributed by atoms with van der Waals surface area (Å²) in [6.07, 6.45) is 6.95. The van der Waals surface area contributed by atoms with Gasteiger partial charge in [0.2, 0.25) is 0 Å². The van der Waals surface area contributed by atoms with Crippen molar-refractivity contribution in [3.8, 4) is 0 Å². The maximum atomic E-state index is 9.55. The summed E-state index contributed by atoms with van der Waals surface area (Å²) in [7, 11) is 0. The summed E-state index contributed by atoms with van der Waals surface area (Å²) in [6, 6.07) is 0. The third kappa shape index (κ3) is 29.5. The van der Waals surface area contributed by atoms with Crippen molar-refractivity contribution in [1.82, 2.24) is 0 Å². The normalized spacial score (nSPS) is 9.22. The van der Waals surface area contributed by atoms with Gasteiger partial charge >= 0.3 is 81.5 Å². The Balaban J connectivity index is -0.000000238. The van der Waals surface area contributed by atoms with Crippen LogP contribution >= 0.6 is 0 Å². The molecule has 18 heavy (non-hydrogen) atoms. The van der Waals surface area contributed by atoms with Gasteiger partial charge in [0.05, 0.1) is 0 Å². The van der Waals surface area contributed by atoms with Crippen molar-refractivity contribution >= 4 is 33.1 Å². The van der Waals surface area contributed by atoms with Crippen molar-refractivity contribution < 1.29 is 25.3 Å². The van der Waals surface area contributed by atoms with E-state index in [2.05, 4.69) is 13.8 Å². The Morgan fingerprint density at radius 1 is 0.944 bits per heavy atom. The standard InChI is InChI=1S/C4H4O4.2C4H9.H2O.Sn/c5-3(6)1-2-4(7)8;2*1-3-4-2;;/h1-2H,(H,5,6)(H,7,8);2*1,3-4H2,2H3;1H2;. The number of carbonyl (C=O) groups is 2. The van der Waals surface area contributed by atoms with Gasteiger partial charge in [0.1, 0.15) is 0 Å². The molecule has 0 aromatic rings. The fourth-order valence-corrected chi connectivity index (χ4v) is 5.03. The minimum atomic E-state index is -1.26. The molecule has 0 heterocycles. The average Bonchev–Trinajstić information content (AvgIpc) is 2.27. The van der Waals surface area contributed by atoms with Crippen LogP contribution in [0.2, 0.25) is 8.87 Å². The van der Waals surface area contributed by atoms with E-state index in [4.69, 9.17) is 10.2 Å². The number of hydrogen-bond donors (Lipinski definition) is 2. The van der Waals surface area contributed by atoms with Gasteiger partial charge in [0, 0.05) is 12.2 Å². The average molecular weight is 367 g/mol. The first kappa shape index (κ1) is 22.6. The molecule has 0 amide bonds. The van der Waals surface area contributed by atoms with E-state index in [0.717, 1.165) is 0 Å². The first-order valence-electron chi connectivity index (χ1n) is 5.89. The molecule has 0 atom stereocenters. The van der Waals surface area contributed by atoms with Gasteiger partial charge in [-0.25, -0.2) is 9.59 Å². The Kier molecular flexibility index (Phi) is 23.6. The topological polar surface area (TPSA) is 106 Å². The maximum Gasteiger partial charge on any atom is 0.328 e. The molecule has 4 N–H and O–H groups in total. The first-order chi connectivity index (χ1) is 8.04. The summed E-state index contributed by atoms with van der Waals surface area (Å²) < 4.78 is 3.25. The minimum absolute atomic E-state index is 0. The molecule has 0 aliphatic heterocycles. The van der Waals surface area contributed by atoms with Gasteiger partial charge in [-0.15, -0.1) is 0 Å². The molecule has 106 valence electrons. The fraction of sp³-hybridized carbons (Fsp3) is 0.667. The Hall–Kier alpha value is -0.561. The summed E-state index contributed by atoms with van der Waals surface area (Å²) in [5, 5.41) is 15.6. The van der Waals surface area contributed by atoms with Crippen LogP contribution in [0.4, 0.5) is 0 Å². The summed E-state index contributed by atoms with van der Waals surface area (Å²) >= 11 is 0.149. The molecule has 2 radical (unpaired) electrons. The van der Waals surface area contributed by atoms with E-state index in [1.54, 1.807) is 8.87 Å². The molecular formula is C12H24O5Sn. The number of unbranched alkanes of at least 4 members (excludes halogenated alkanes) is 2. The zero-order valence-corrected chi connectivity index (χ0v) is 14.0. The third-order valence-corrected chi connectivity index (χ3v) is 5.82. The molecule has 0 spiro atoms. The van der Waals surface area contributed by atoms with E-state index in [9.17, 15) is 9.59 Å². The SMILES string of the molecule is CCC[CH2][Sn][CH2]CCC.O.O=C(O)C=CC(=O)O. The molecule has 0 aromatic carbocycles. The fourth-order valence-electron chi connectivity index (χ4n) is 0.871. The van der Waals surface area contributed by atoms with Crippen molar-refractivity contribution in [1.29, 1.82) is 0 Å². The predicted molar refractivity (Wildman–Crippen MR) is 73.2 cm³/mol. The van der Waals surface area contributed by atoms with Crippen molar-refractivity contribution in [2.24, 2.45) is 0 Å². The van der Waals surface area contributed by atoms with E-state index in [1.165, 1.54) is 25.7 Å². The van der Waals surface area contributed by atoms with Gasteiger partial charge in [-0.05, 0) is 0 Å². The molecule has 0 aromatic heterocycles. The Labute approximate surface area is 119 Å². The molecular weight excluding hydrogens is 343 g/mol. The van der Waals surface area contributed by atoms with Crippen molar-refractivity contribution in [3.05, 3.63) is 12.2 Å². The Morgan fingerprint density at radius 3 is 1.50 bits per heavy atom.